The molecule has 2 aromatic carbocycles. The minimum atomic E-state index is -0.341. The molecule has 1 atom stereocenters. The van der Waals surface area contributed by atoms with Gasteiger partial charge in [-0.15, -0.1) is 0 Å². The summed E-state index contributed by atoms with van der Waals surface area (Å²) in [4.78, 5) is 27.3. The highest BCUT2D eigenvalue weighted by Gasteiger charge is 2.35. The Labute approximate surface area is 194 Å². The number of nitrogens with zero attached hydrogens (tertiary/aromatic N) is 3. The molecule has 0 saturated carbocycles. The Bertz CT molecular complexity index is 990. The van der Waals surface area contributed by atoms with Gasteiger partial charge < -0.3 is 19.1 Å². The number of para-hydroxylation sites is 1. The largest absolute Gasteiger partial charge is 0.497 e. The molecule has 0 unspecified atom stereocenters. The van der Waals surface area contributed by atoms with Crippen LogP contribution in [0.4, 0.5) is 0 Å². The molecule has 1 aliphatic rings. The zero-order valence-corrected chi connectivity index (χ0v) is 19.6. The van der Waals surface area contributed by atoms with Gasteiger partial charge in [0.1, 0.15) is 18.0 Å². The quantitative estimate of drug-likeness (QED) is 0.552. The Morgan fingerprint density at radius 3 is 2.42 bits per heavy atom. The van der Waals surface area contributed by atoms with Crippen molar-refractivity contribution in [3.8, 4) is 11.5 Å². The molecule has 1 heterocycles. The highest BCUT2D eigenvalue weighted by atomic mass is 16.5. The topological polar surface area (TPSA) is 80.7 Å². The average Bonchev–Trinajstić information content (AvgIpc) is 3.31. The molecule has 0 fully saturated rings. The molecule has 1 aliphatic heterocycles. The molecule has 2 amide bonds. The first-order valence-electron chi connectivity index (χ1n) is 11.0. The predicted molar refractivity (Wildman–Crippen MR) is 125 cm³/mol. The first kappa shape index (κ1) is 24.3. The van der Waals surface area contributed by atoms with E-state index in [1.54, 1.807) is 28.3 Å². The molecule has 0 aliphatic carbocycles. The van der Waals surface area contributed by atoms with Crippen molar-refractivity contribution in [2.75, 3.05) is 41.0 Å². The van der Waals surface area contributed by atoms with E-state index >= 15 is 0 Å². The van der Waals surface area contributed by atoms with Gasteiger partial charge >= 0.3 is 0 Å². The van der Waals surface area contributed by atoms with Gasteiger partial charge in [0, 0.05) is 32.1 Å². The fourth-order valence-corrected chi connectivity index (χ4v) is 3.83. The van der Waals surface area contributed by atoms with Crippen molar-refractivity contribution >= 4 is 17.5 Å². The summed E-state index contributed by atoms with van der Waals surface area (Å²) in [5, 5.41) is 6.19. The van der Waals surface area contributed by atoms with E-state index in [2.05, 4.69) is 0 Å². The minimum Gasteiger partial charge on any atom is -0.497 e. The third-order valence-corrected chi connectivity index (χ3v) is 5.63. The molecule has 8 nitrogen and oxygen atoms in total. The number of hydrazone groups is 1. The van der Waals surface area contributed by atoms with Crippen LogP contribution in [0, 0.1) is 0 Å². The number of ether oxygens (including phenoxy) is 3. The van der Waals surface area contributed by atoms with Crippen LogP contribution in [0.3, 0.4) is 0 Å². The van der Waals surface area contributed by atoms with Crippen molar-refractivity contribution in [2.24, 2.45) is 5.10 Å². The summed E-state index contributed by atoms with van der Waals surface area (Å²) in [5.74, 6) is 1.07. The lowest BCUT2D eigenvalue weighted by atomic mass is 9.97. The second-order valence-electron chi connectivity index (χ2n) is 7.64. The van der Waals surface area contributed by atoms with Crippen molar-refractivity contribution in [1.29, 1.82) is 0 Å². The molecule has 0 bridgehead atoms. The average molecular weight is 454 g/mol. The van der Waals surface area contributed by atoms with Gasteiger partial charge in [0.05, 0.1) is 32.6 Å². The first-order chi connectivity index (χ1) is 16.0. The van der Waals surface area contributed by atoms with Gasteiger partial charge in [0.2, 0.25) is 5.91 Å². The number of rotatable bonds is 10. The summed E-state index contributed by atoms with van der Waals surface area (Å²) >= 11 is 0. The summed E-state index contributed by atoms with van der Waals surface area (Å²) in [6.45, 7) is 2.41. The van der Waals surface area contributed by atoms with Crippen LogP contribution in [-0.4, -0.2) is 68.5 Å². The second-order valence-corrected chi connectivity index (χ2v) is 7.64. The van der Waals surface area contributed by atoms with Gasteiger partial charge in [-0.05, 0) is 35.9 Å². The van der Waals surface area contributed by atoms with Crippen molar-refractivity contribution in [3.63, 3.8) is 0 Å². The summed E-state index contributed by atoms with van der Waals surface area (Å²) in [7, 11) is 4.80. The van der Waals surface area contributed by atoms with Crippen molar-refractivity contribution in [2.45, 2.75) is 25.8 Å². The van der Waals surface area contributed by atoms with E-state index in [0.717, 1.165) is 22.6 Å². The maximum Gasteiger partial charge on any atom is 0.262 e. The first-order valence-corrected chi connectivity index (χ1v) is 11.0. The van der Waals surface area contributed by atoms with Crippen LogP contribution in [0.5, 0.6) is 11.5 Å². The Kier molecular flexibility index (Phi) is 8.43. The Hall–Kier alpha value is -3.39. The standard InChI is InChI=1S/C25H31N3O5/c1-5-24(29)27(14-15-31-2)17-25(30)28-22(20-8-6-7-9-23(20)33-4)16-21(26-28)18-10-12-19(32-3)13-11-18/h6-13,22H,5,14-17H2,1-4H3/t22-/m1/s1. The SMILES string of the molecule is CCC(=O)N(CCOC)CC(=O)N1N=C(c2ccc(OC)cc2)C[C@@H]1c1ccccc1OC. The van der Waals surface area contributed by atoms with Gasteiger partial charge in [0.25, 0.3) is 5.91 Å². The van der Waals surface area contributed by atoms with E-state index < -0.39 is 0 Å². The molecule has 3 rings (SSSR count). The Morgan fingerprint density at radius 1 is 1.06 bits per heavy atom. The molecule has 8 heteroatoms. The Morgan fingerprint density at radius 2 is 1.79 bits per heavy atom. The Balaban J connectivity index is 1.93. The lowest BCUT2D eigenvalue weighted by Gasteiger charge is -2.27. The van der Waals surface area contributed by atoms with Gasteiger partial charge in [-0.3, -0.25) is 9.59 Å². The smallest absolute Gasteiger partial charge is 0.262 e. The maximum atomic E-state index is 13.4. The molecule has 0 aromatic heterocycles. The molecule has 176 valence electrons. The van der Waals surface area contributed by atoms with Crippen molar-refractivity contribution in [3.05, 3.63) is 59.7 Å². The molecule has 0 radical (unpaired) electrons. The third kappa shape index (κ3) is 5.70. The summed E-state index contributed by atoms with van der Waals surface area (Å²) in [5.41, 5.74) is 2.56. The molecular formula is C25H31N3O5. The number of carbonyl (C=O) groups excluding carboxylic acids is 2. The highest BCUT2D eigenvalue weighted by molar-refractivity contribution is 6.03. The van der Waals surface area contributed by atoms with Crippen LogP contribution in [0.25, 0.3) is 0 Å². The molecular weight excluding hydrogens is 422 g/mol. The van der Waals surface area contributed by atoms with E-state index in [9.17, 15) is 9.59 Å². The van der Waals surface area contributed by atoms with Gasteiger partial charge in [0.15, 0.2) is 0 Å². The fourth-order valence-electron chi connectivity index (χ4n) is 3.83. The number of methoxy groups -OCH3 is 3. The zero-order valence-electron chi connectivity index (χ0n) is 19.6. The van der Waals surface area contributed by atoms with Crippen LogP contribution in [0.15, 0.2) is 53.6 Å². The van der Waals surface area contributed by atoms with Crippen LogP contribution < -0.4 is 9.47 Å². The van der Waals surface area contributed by atoms with Gasteiger partial charge in [-0.1, -0.05) is 25.1 Å². The fraction of sp³-hybridized carbons (Fsp3) is 0.400. The van der Waals surface area contributed by atoms with E-state index in [-0.39, 0.29) is 24.4 Å². The molecule has 0 spiro atoms. The molecule has 2 aromatic rings. The summed E-state index contributed by atoms with van der Waals surface area (Å²) < 4.78 is 15.9. The van der Waals surface area contributed by atoms with Crippen molar-refractivity contribution in [1.82, 2.24) is 9.91 Å². The summed E-state index contributed by atoms with van der Waals surface area (Å²) in [6.07, 6.45) is 0.839. The van der Waals surface area contributed by atoms with Crippen LogP contribution in [0.2, 0.25) is 0 Å². The normalized spacial score (nSPS) is 15.2. The van der Waals surface area contributed by atoms with E-state index in [0.29, 0.717) is 31.7 Å². The predicted octanol–water partition coefficient (Wildman–Crippen LogP) is 3.27. The maximum absolute atomic E-state index is 13.4. The van der Waals surface area contributed by atoms with Gasteiger partial charge in [-0.25, -0.2) is 5.01 Å². The monoisotopic (exact) mass is 453 g/mol. The van der Waals surface area contributed by atoms with Crippen LogP contribution in [0.1, 0.15) is 36.9 Å². The number of amides is 2. The summed E-state index contributed by atoms with van der Waals surface area (Å²) in [6, 6.07) is 14.9. The van der Waals surface area contributed by atoms with E-state index in [1.165, 1.54) is 9.91 Å². The molecule has 0 N–H and O–H groups in total. The lowest BCUT2D eigenvalue weighted by Crippen LogP contribution is -2.42. The van der Waals surface area contributed by atoms with E-state index in [4.69, 9.17) is 19.3 Å². The number of benzene rings is 2. The lowest BCUT2D eigenvalue weighted by molar-refractivity contribution is -0.141. The van der Waals surface area contributed by atoms with Crippen molar-refractivity contribution < 1.29 is 23.8 Å². The number of hydrogen-bond donors (Lipinski definition) is 0. The minimum absolute atomic E-state index is 0.0684. The van der Waals surface area contributed by atoms with Gasteiger partial charge in [-0.2, -0.15) is 5.10 Å². The second kappa shape index (κ2) is 11.5. The zero-order chi connectivity index (χ0) is 23.8. The third-order valence-electron chi connectivity index (χ3n) is 5.63. The van der Waals surface area contributed by atoms with Crippen LogP contribution in [-0.2, 0) is 14.3 Å². The van der Waals surface area contributed by atoms with Crippen LogP contribution >= 0.6 is 0 Å². The number of hydrogen-bond acceptors (Lipinski definition) is 6. The highest BCUT2D eigenvalue weighted by Crippen LogP contribution is 2.37. The molecule has 0 saturated heterocycles. The van der Waals surface area contributed by atoms with E-state index in [1.807, 2.05) is 48.5 Å². The number of carbonyl (C=O) groups is 2. The molecule has 33 heavy (non-hydrogen) atoms.